The predicted molar refractivity (Wildman–Crippen MR) is 70.5 cm³/mol. The van der Waals surface area contributed by atoms with Gasteiger partial charge in [-0.1, -0.05) is 12.1 Å². The van der Waals surface area contributed by atoms with Crippen LogP contribution in [0.25, 0.3) is 0 Å². The summed E-state index contributed by atoms with van der Waals surface area (Å²) in [6, 6.07) is 2.65. The van der Waals surface area contributed by atoms with Crippen molar-refractivity contribution in [2.75, 3.05) is 13.1 Å². The molecule has 1 amide bonds. The molecule has 0 fully saturated rings. The van der Waals surface area contributed by atoms with Crippen LogP contribution in [0.1, 0.15) is 24.2 Å². The van der Waals surface area contributed by atoms with Gasteiger partial charge in [-0.05, 0) is 19.1 Å². The lowest BCUT2D eigenvalue weighted by Crippen LogP contribution is -2.38. The summed E-state index contributed by atoms with van der Waals surface area (Å²) in [5.74, 6) is -2.52. The smallest absolute Gasteiger partial charge is 0.254 e. The molecule has 0 saturated carbocycles. The maximum Gasteiger partial charge on any atom is 0.254 e. The summed E-state index contributed by atoms with van der Waals surface area (Å²) in [7, 11) is 0. The van der Waals surface area contributed by atoms with E-state index in [0.29, 0.717) is 12.6 Å². The quantitative estimate of drug-likeness (QED) is 0.375. The minimum atomic E-state index is -0.811. The van der Waals surface area contributed by atoms with Gasteiger partial charge in [-0.15, -0.1) is 0 Å². The largest absolute Gasteiger partial charge is 0.409 e. The summed E-state index contributed by atoms with van der Waals surface area (Å²) in [5.41, 5.74) is 5.38. The number of oxime groups is 1. The standard InChI is InChI=1S/C13H17F2N3O2/c1-3-18(7-8(2)12(16)17-20)13(19)9-4-10(14)6-11(15)5-9/h4-6,8,20H,3,7H2,1-2H3,(H2,16,17). The van der Waals surface area contributed by atoms with Crippen molar-refractivity contribution < 1.29 is 18.8 Å². The Labute approximate surface area is 115 Å². The van der Waals surface area contributed by atoms with E-state index in [2.05, 4.69) is 5.16 Å². The summed E-state index contributed by atoms with van der Waals surface area (Å²) in [4.78, 5) is 13.5. The van der Waals surface area contributed by atoms with E-state index in [4.69, 9.17) is 10.9 Å². The number of hydrogen-bond acceptors (Lipinski definition) is 3. The molecule has 0 aliphatic rings. The highest BCUT2D eigenvalue weighted by Crippen LogP contribution is 2.12. The van der Waals surface area contributed by atoms with E-state index in [0.717, 1.165) is 12.1 Å². The SMILES string of the molecule is CCN(CC(C)C(N)=NO)C(=O)c1cc(F)cc(F)c1. The van der Waals surface area contributed by atoms with Crippen LogP contribution in [0, 0.1) is 17.6 Å². The molecule has 3 N–H and O–H groups in total. The zero-order valence-corrected chi connectivity index (χ0v) is 11.3. The lowest BCUT2D eigenvalue weighted by molar-refractivity contribution is 0.0752. The summed E-state index contributed by atoms with van der Waals surface area (Å²) in [6.07, 6.45) is 0. The van der Waals surface area contributed by atoms with Crippen molar-refractivity contribution in [1.82, 2.24) is 4.90 Å². The van der Waals surface area contributed by atoms with E-state index >= 15 is 0 Å². The number of carbonyl (C=O) groups excluding carboxylic acids is 1. The van der Waals surface area contributed by atoms with Crippen LogP contribution in [0.2, 0.25) is 0 Å². The molecule has 5 nitrogen and oxygen atoms in total. The normalized spacial score (nSPS) is 13.1. The molecule has 0 aromatic heterocycles. The number of halogens is 2. The average Bonchev–Trinajstić information content (AvgIpc) is 2.41. The van der Waals surface area contributed by atoms with Gasteiger partial charge in [-0.3, -0.25) is 4.79 Å². The molecular weight excluding hydrogens is 268 g/mol. The fourth-order valence-electron chi connectivity index (χ4n) is 1.74. The van der Waals surface area contributed by atoms with E-state index in [9.17, 15) is 13.6 Å². The molecule has 0 heterocycles. The van der Waals surface area contributed by atoms with E-state index in [1.807, 2.05) is 0 Å². The molecule has 1 unspecified atom stereocenters. The minimum Gasteiger partial charge on any atom is -0.409 e. The Bertz CT molecular complexity index is 500. The first-order valence-electron chi connectivity index (χ1n) is 6.11. The van der Waals surface area contributed by atoms with Gasteiger partial charge >= 0.3 is 0 Å². The summed E-state index contributed by atoms with van der Waals surface area (Å²) < 4.78 is 26.2. The molecule has 1 atom stereocenters. The van der Waals surface area contributed by atoms with Crippen LogP contribution in [0.15, 0.2) is 23.4 Å². The molecule has 1 aromatic rings. The number of carbonyl (C=O) groups is 1. The Morgan fingerprint density at radius 2 is 1.95 bits per heavy atom. The third kappa shape index (κ3) is 3.91. The van der Waals surface area contributed by atoms with Gasteiger partial charge in [0.2, 0.25) is 0 Å². The van der Waals surface area contributed by atoms with Crippen molar-refractivity contribution in [2.45, 2.75) is 13.8 Å². The highest BCUT2D eigenvalue weighted by molar-refractivity contribution is 5.94. The van der Waals surface area contributed by atoms with Gasteiger partial charge in [-0.25, -0.2) is 8.78 Å². The molecule has 0 radical (unpaired) electrons. The van der Waals surface area contributed by atoms with E-state index < -0.39 is 17.5 Å². The monoisotopic (exact) mass is 285 g/mol. The minimum absolute atomic E-state index is 0.0123. The molecule has 7 heteroatoms. The molecule has 1 aromatic carbocycles. The van der Waals surface area contributed by atoms with E-state index in [1.54, 1.807) is 13.8 Å². The van der Waals surface area contributed by atoms with Gasteiger partial charge in [0, 0.05) is 30.6 Å². The topological polar surface area (TPSA) is 78.9 Å². The Morgan fingerprint density at radius 3 is 2.40 bits per heavy atom. The van der Waals surface area contributed by atoms with Gasteiger partial charge < -0.3 is 15.8 Å². The third-order valence-electron chi connectivity index (χ3n) is 2.89. The molecule has 0 saturated heterocycles. The first-order valence-corrected chi connectivity index (χ1v) is 6.11. The third-order valence-corrected chi connectivity index (χ3v) is 2.89. The highest BCUT2D eigenvalue weighted by atomic mass is 19.1. The summed E-state index contributed by atoms with van der Waals surface area (Å²) >= 11 is 0. The molecule has 0 aliphatic heterocycles. The fraction of sp³-hybridized carbons (Fsp3) is 0.385. The number of nitrogens with two attached hydrogens (primary N) is 1. The molecule has 20 heavy (non-hydrogen) atoms. The number of amidine groups is 1. The van der Waals surface area contributed by atoms with Crippen LogP contribution in [0.4, 0.5) is 8.78 Å². The number of hydrogen-bond donors (Lipinski definition) is 2. The lowest BCUT2D eigenvalue weighted by Gasteiger charge is -2.24. The van der Waals surface area contributed by atoms with Crippen molar-refractivity contribution in [3.8, 4) is 0 Å². The Hall–Kier alpha value is -2.18. The van der Waals surface area contributed by atoms with Crippen molar-refractivity contribution in [1.29, 1.82) is 0 Å². The Balaban J connectivity index is 2.92. The van der Waals surface area contributed by atoms with Gasteiger partial charge in [0.05, 0.1) is 0 Å². The van der Waals surface area contributed by atoms with Crippen molar-refractivity contribution in [2.24, 2.45) is 16.8 Å². The first-order chi connectivity index (χ1) is 9.38. The maximum absolute atomic E-state index is 13.1. The van der Waals surface area contributed by atoms with Crippen LogP contribution in [0.3, 0.4) is 0 Å². The van der Waals surface area contributed by atoms with E-state index in [-0.39, 0.29) is 23.9 Å². The molecule has 0 spiro atoms. The Kier molecular flexibility index (Phi) is 5.42. The van der Waals surface area contributed by atoms with Gasteiger partial charge in [0.1, 0.15) is 17.5 Å². The van der Waals surface area contributed by atoms with E-state index in [1.165, 1.54) is 4.90 Å². The molecular formula is C13H17F2N3O2. The van der Waals surface area contributed by atoms with Gasteiger partial charge in [-0.2, -0.15) is 0 Å². The molecule has 0 bridgehead atoms. The number of nitrogens with zero attached hydrogens (tertiary/aromatic N) is 2. The van der Waals surface area contributed by atoms with Crippen LogP contribution >= 0.6 is 0 Å². The van der Waals surface area contributed by atoms with Crippen LogP contribution in [-0.2, 0) is 0 Å². The van der Waals surface area contributed by atoms with Crippen LogP contribution < -0.4 is 5.73 Å². The summed E-state index contributed by atoms with van der Waals surface area (Å²) in [6.45, 7) is 3.92. The number of amides is 1. The van der Waals surface area contributed by atoms with Crippen molar-refractivity contribution in [3.63, 3.8) is 0 Å². The first kappa shape index (κ1) is 15.9. The average molecular weight is 285 g/mol. The van der Waals surface area contributed by atoms with Crippen LogP contribution in [0.5, 0.6) is 0 Å². The second kappa shape index (κ2) is 6.83. The summed E-state index contributed by atoms with van der Waals surface area (Å²) in [5, 5.41) is 11.5. The maximum atomic E-state index is 13.1. The second-order valence-electron chi connectivity index (χ2n) is 4.43. The zero-order valence-electron chi connectivity index (χ0n) is 11.3. The van der Waals surface area contributed by atoms with Crippen molar-refractivity contribution >= 4 is 11.7 Å². The zero-order chi connectivity index (χ0) is 15.3. The lowest BCUT2D eigenvalue weighted by atomic mass is 10.1. The Morgan fingerprint density at radius 1 is 1.40 bits per heavy atom. The predicted octanol–water partition coefficient (Wildman–Crippen LogP) is 1.81. The molecule has 1 rings (SSSR count). The van der Waals surface area contributed by atoms with Crippen LogP contribution in [-0.4, -0.2) is 34.9 Å². The number of benzene rings is 1. The molecule has 0 aliphatic carbocycles. The number of rotatable bonds is 5. The van der Waals surface area contributed by atoms with Gasteiger partial charge in [0.15, 0.2) is 0 Å². The van der Waals surface area contributed by atoms with Gasteiger partial charge in [0.25, 0.3) is 5.91 Å². The second-order valence-corrected chi connectivity index (χ2v) is 4.43. The molecule has 110 valence electrons. The van der Waals surface area contributed by atoms with Crippen molar-refractivity contribution in [3.05, 3.63) is 35.4 Å². The highest BCUT2D eigenvalue weighted by Gasteiger charge is 2.20. The fourth-order valence-corrected chi connectivity index (χ4v) is 1.74.